The van der Waals surface area contributed by atoms with Crippen LogP contribution in [0.5, 0.6) is 0 Å². The van der Waals surface area contributed by atoms with E-state index < -0.39 is 0 Å². The zero-order valence-corrected chi connectivity index (χ0v) is 11.1. The van der Waals surface area contributed by atoms with Crippen LogP contribution in [0.4, 0.5) is 0 Å². The van der Waals surface area contributed by atoms with Crippen molar-refractivity contribution in [3.05, 3.63) is 34.9 Å². The summed E-state index contributed by atoms with van der Waals surface area (Å²) in [7, 11) is 1.88. The molecule has 0 fully saturated rings. The Hall–Kier alpha value is -1.06. The molecule has 0 saturated carbocycles. The third kappa shape index (κ3) is 5.20. The Bertz CT molecular complexity index is 351. The SMILES string of the molecule is CNCCCC(=O)N[C@@H](C)c1ccc(Cl)cc1. The molecule has 0 aliphatic heterocycles. The first-order chi connectivity index (χ1) is 8.13. The van der Waals surface area contributed by atoms with Crippen molar-refractivity contribution in [1.29, 1.82) is 0 Å². The van der Waals surface area contributed by atoms with Gasteiger partial charge in [0.15, 0.2) is 0 Å². The molecule has 1 aromatic rings. The first-order valence-corrected chi connectivity index (χ1v) is 6.20. The van der Waals surface area contributed by atoms with Crippen LogP contribution in [-0.4, -0.2) is 19.5 Å². The van der Waals surface area contributed by atoms with Gasteiger partial charge in [-0.05, 0) is 44.6 Å². The van der Waals surface area contributed by atoms with Gasteiger partial charge in [0, 0.05) is 11.4 Å². The zero-order valence-electron chi connectivity index (χ0n) is 10.3. The minimum atomic E-state index is 0.0225. The van der Waals surface area contributed by atoms with E-state index in [4.69, 9.17) is 11.6 Å². The highest BCUT2D eigenvalue weighted by Crippen LogP contribution is 2.16. The lowest BCUT2D eigenvalue weighted by Gasteiger charge is -2.14. The standard InChI is InChI=1S/C13H19ClN2O/c1-10(11-5-7-12(14)8-6-11)16-13(17)4-3-9-15-2/h5-8,10,15H,3-4,9H2,1-2H3,(H,16,17)/t10-/m0/s1. The van der Waals surface area contributed by atoms with Crippen molar-refractivity contribution in [1.82, 2.24) is 10.6 Å². The number of carbonyl (C=O) groups is 1. The Labute approximate surface area is 108 Å². The highest BCUT2D eigenvalue weighted by Gasteiger charge is 2.08. The molecular formula is C13H19ClN2O. The quantitative estimate of drug-likeness (QED) is 0.766. The van der Waals surface area contributed by atoms with Crippen LogP contribution in [-0.2, 0) is 4.79 Å². The average molecular weight is 255 g/mol. The molecule has 0 aliphatic rings. The van der Waals surface area contributed by atoms with E-state index in [1.807, 2.05) is 38.2 Å². The molecule has 0 radical (unpaired) electrons. The van der Waals surface area contributed by atoms with Crippen LogP contribution in [0.3, 0.4) is 0 Å². The number of halogens is 1. The van der Waals surface area contributed by atoms with Gasteiger partial charge in [-0.3, -0.25) is 4.79 Å². The molecule has 94 valence electrons. The second-order valence-corrected chi connectivity index (χ2v) is 4.48. The summed E-state index contributed by atoms with van der Waals surface area (Å²) >= 11 is 5.81. The number of carbonyl (C=O) groups excluding carboxylic acids is 1. The van der Waals surface area contributed by atoms with Gasteiger partial charge in [0.2, 0.25) is 5.91 Å². The topological polar surface area (TPSA) is 41.1 Å². The van der Waals surface area contributed by atoms with Crippen molar-refractivity contribution in [3.63, 3.8) is 0 Å². The van der Waals surface area contributed by atoms with Gasteiger partial charge in [0.05, 0.1) is 6.04 Å². The Morgan fingerprint density at radius 2 is 2.00 bits per heavy atom. The second-order valence-electron chi connectivity index (χ2n) is 4.05. The van der Waals surface area contributed by atoms with E-state index in [0.29, 0.717) is 11.4 Å². The lowest BCUT2D eigenvalue weighted by Crippen LogP contribution is -2.27. The van der Waals surface area contributed by atoms with Gasteiger partial charge in [-0.15, -0.1) is 0 Å². The van der Waals surface area contributed by atoms with Crippen molar-refractivity contribution < 1.29 is 4.79 Å². The van der Waals surface area contributed by atoms with Crippen LogP contribution in [0.1, 0.15) is 31.4 Å². The highest BCUT2D eigenvalue weighted by molar-refractivity contribution is 6.30. The number of hydrogen-bond acceptors (Lipinski definition) is 2. The monoisotopic (exact) mass is 254 g/mol. The molecule has 0 heterocycles. The van der Waals surface area contributed by atoms with E-state index in [2.05, 4.69) is 10.6 Å². The Morgan fingerprint density at radius 1 is 1.35 bits per heavy atom. The third-order valence-electron chi connectivity index (χ3n) is 2.58. The van der Waals surface area contributed by atoms with E-state index in [1.165, 1.54) is 0 Å². The van der Waals surface area contributed by atoms with E-state index in [1.54, 1.807) is 0 Å². The van der Waals surface area contributed by atoms with Crippen LogP contribution < -0.4 is 10.6 Å². The molecule has 0 saturated heterocycles. The minimum Gasteiger partial charge on any atom is -0.350 e. The Kier molecular flexibility index (Phi) is 6.01. The zero-order chi connectivity index (χ0) is 12.7. The molecule has 0 bridgehead atoms. The van der Waals surface area contributed by atoms with Crippen molar-refractivity contribution in [2.24, 2.45) is 0 Å². The van der Waals surface area contributed by atoms with E-state index in [9.17, 15) is 4.79 Å². The summed E-state index contributed by atoms with van der Waals surface area (Å²) < 4.78 is 0. The molecule has 2 N–H and O–H groups in total. The highest BCUT2D eigenvalue weighted by atomic mass is 35.5. The summed E-state index contributed by atoms with van der Waals surface area (Å²) in [6.07, 6.45) is 1.41. The first-order valence-electron chi connectivity index (χ1n) is 5.83. The Balaban J connectivity index is 2.40. The molecule has 1 rings (SSSR count). The van der Waals surface area contributed by atoms with Crippen LogP contribution in [0.25, 0.3) is 0 Å². The van der Waals surface area contributed by atoms with Gasteiger partial charge in [0.1, 0.15) is 0 Å². The maximum absolute atomic E-state index is 11.6. The number of amides is 1. The number of benzene rings is 1. The summed E-state index contributed by atoms with van der Waals surface area (Å²) in [4.78, 5) is 11.6. The fraction of sp³-hybridized carbons (Fsp3) is 0.462. The maximum Gasteiger partial charge on any atom is 0.220 e. The first kappa shape index (κ1) is 14.0. The minimum absolute atomic E-state index is 0.0225. The molecule has 1 amide bonds. The number of rotatable bonds is 6. The van der Waals surface area contributed by atoms with Crippen molar-refractivity contribution in [2.45, 2.75) is 25.8 Å². The summed E-state index contributed by atoms with van der Waals surface area (Å²) in [6, 6.07) is 7.55. The van der Waals surface area contributed by atoms with E-state index >= 15 is 0 Å². The van der Waals surface area contributed by atoms with Crippen LogP contribution in [0.2, 0.25) is 5.02 Å². The fourth-order valence-electron chi connectivity index (χ4n) is 1.57. The van der Waals surface area contributed by atoms with Crippen LogP contribution in [0, 0.1) is 0 Å². The van der Waals surface area contributed by atoms with Crippen molar-refractivity contribution in [3.8, 4) is 0 Å². The van der Waals surface area contributed by atoms with E-state index in [-0.39, 0.29) is 11.9 Å². The van der Waals surface area contributed by atoms with Crippen molar-refractivity contribution in [2.75, 3.05) is 13.6 Å². The largest absolute Gasteiger partial charge is 0.350 e. The molecular weight excluding hydrogens is 236 g/mol. The van der Waals surface area contributed by atoms with E-state index in [0.717, 1.165) is 18.5 Å². The van der Waals surface area contributed by atoms with Gasteiger partial charge in [-0.1, -0.05) is 23.7 Å². The molecule has 1 aromatic carbocycles. The van der Waals surface area contributed by atoms with Gasteiger partial charge in [-0.25, -0.2) is 0 Å². The molecule has 0 unspecified atom stereocenters. The average Bonchev–Trinajstić information content (AvgIpc) is 2.30. The number of nitrogens with one attached hydrogen (secondary N) is 2. The van der Waals surface area contributed by atoms with Gasteiger partial charge in [-0.2, -0.15) is 0 Å². The van der Waals surface area contributed by atoms with Gasteiger partial charge >= 0.3 is 0 Å². The number of hydrogen-bond donors (Lipinski definition) is 2. The third-order valence-corrected chi connectivity index (χ3v) is 2.83. The predicted octanol–water partition coefficient (Wildman–Crippen LogP) is 2.52. The smallest absolute Gasteiger partial charge is 0.220 e. The van der Waals surface area contributed by atoms with Gasteiger partial charge in [0.25, 0.3) is 0 Å². The lowest BCUT2D eigenvalue weighted by molar-refractivity contribution is -0.121. The fourth-order valence-corrected chi connectivity index (χ4v) is 1.70. The summed E-state index contributed by atoms with van der Waals surface area (Å²) in [5.74, 6) is 0.0858. The molecule has 4 heteroatoms. The van der Waals surface area contributed by atoms with Gasteiger partial charge < -0.3 is 10.6 Å². The molecule has 0 aromatic heterocycles. The predicted molar refractivity (Wildman–Crippen MR) is 71.2 cm³/mol. The second kappa shape index (κ2) is 7.30. The van der Waals surface area contributed by atoms with Crippen LogP contribution in [0.15, 0.2) is 24.3 Å². The normalized spacial score (nSPS) is 12.2. The molecule has 17 heavy (non-hydrogen) atoms. The molecule has 0 spiro atoms. The molecule has 0 aliphatic carbocycles. The summed E-state index contributed by atoms with van der Waals surface area (Å²) in [5, 5.41) is 6.69. The lowest BCUT2D eigenvalue weighted by atomic mass is 10.1. The summed E-state index contributed by atoms with van der Waals surface area (Å²) in [5.41, 5.74) is 1.07. The maximum atomic E-state index is 11.6. The molecule has 1 atom stereocenters. The van der Waals surface area contributed by atoms with Crippen LogP contribution >= 0.6 is 11.6 Å². The molecule has 3 nitrogen and oxygen atoms in total. The summed E-state index contributed by atoms with van der Waals surface area (Å²) in [6.45, 7) is 2.84. The van der Waals surface area contributed by atoms with Crippen molar-refractivity contribution >= 4 is 17.5 Å². The Morgan fingerprint density at radius 3 is 2.59 bits per heavy atom.